The van der Waals surface area contributed by atoms with Crippen molar-refractivity contribution in [2.24, 2.45) is 0 Å². The summed E-state index contributed by atoms with van der Waals surface area (Å²) in [5.74, 6) is 1.14. The topological polar surface area (TPSA) is 73.4 Å². The molecule has 0 amide bonds. The molecular weight excluding hydrogens is 332 g/mol. The van der Waals surface area contributed by atoms with Crippen molar-refractivity contribution in [2.45, 2.75) is 45.1 Å². The fraction of sp³-hybridized carbons (Fsp3) is 0.500. The summed E-state index contributed by atoms with van der Waals surface area (Å²) in [5, 5.41) is 0. The van der Waals surface area contributed by atoms with E-state index >= 15 is 0 Å². The van der Waals surface area contributed by atoms with Crippen molar-refractivity contribution >= 4 is 0 Å². The molecule has 6 heteroatoms. The summed E-state index contributed by atoms with van der Waals surface area (Å²) in [5.41, 5.74) is 1.89. The van der Waals surface area contributed by atoms with Gasteiger partial charge in [-0.15, -0.1) is 0 Å². The zero-order valence-corrected chi connectivity index (χ0v) is 15.2. The molecule has 0 radical (unpaired) electrons. The van der Waals surface area contributed by atoms with Crippen LogP contribution in [0.3, 0.4) is 0 Å². The SMILES string of the molecule is CCOc1ccc(CCc2cc(=O)cc(OCC3CCCCO3)[nH]2)cn1. The van der Waals surface area contributed by atoms with E-state index in [1.165, 1.54) is 12.5 Å². The van der Waals surface area contributed by atoms with Crippen LogP contribution in [0, 0.1) is 0 Å². The molecule has 0 saturated carbocycles. The van der Waals surface area contributed by atoms with E-state index in [-0.39, 0.29) is 11.5 Å². The van der Waals surface area contributed by atoms with Crippen LogP contribution < -0.4 is 14.9 Å². The lowest BCUT2D eigenvalue weighted by atomic mass is 10.1. The van der Waals surface area contributed by atoms with Crippen LogP contribution in [0.1, 0.15) is 37.4 Å². The van der Waals surface area contributed by atoms with E-state index in [9.17, 15) is 4.79 Å². The number of pyridine rings is 2. The quantitative estimate of drug-likeness (QED) is 0.785. The minimum atomic E-state index is -0.0527. The summed E-state index contributed by atoms with van der Waals surface area (Å²) in [6.45, 7) is 3.80. The van der Waals surface area contributed by atoms with Crippen LogP contribution in [0.5, 0.6) is 11.8 Å². The second-order valence-corrected chi connectivity index (χ2v) is 6.44. The van der Waals surface area contributed by atoms with Gasteiger partial charge < -0.3 is 19.2 Å². The van der Waals surface area contributed by atoms with Crippen molar-refractivity contribution in [1.82, 2.24) is 9.97 Å². The Morgan fingerprint density at radius 3 is 2.88 bits per heavy atom. The maximum Gasteiger partial charge on any atom is 0.213 e. The van der Waals surface area contributed by atoms with E-state index in [1.54, 1.807) is 6.07 Å². The molecule has 6 nitrogen and oxygen atoms in total. The highest BCUT2D eigenvalue weighted by molar-refractivity contribution is 5.21. The van der Waals surface area contributed by atoms with Crippen molar-refractivity contribution < 1.29 is 14.2 Å². The van der Waals surface area contributed by atoms with Crippen LogP contribution in [0.25, 0.3) is 0 Å². The predicted molar refractivity (Wildman–Crippen MR) is 99.0 cm³/mol. The standard InChI is InChI=1S/C20H26N2O4/c1-2-24-19-9-7-15(13-21-19)6-8-16-11-17(23)12-20(22-16)26-14-18-5-3-4-10-25-18/h7,9,11-13,18H,2-6,8,10,14H2,1H3,(H,22,23). The van der Waals surface area contributed by atoms with Gasteiger partial charge in [0.25, 0.3) is 0 Å². The number of hydrogen-bond acceptors (Lipinski definition) is 5. The van der Waals surface area contributed by atoms with Crippen molar-refractivity contribution in [1.29, 1.82) is 0 Å². The number of nitrogens with zero attached hydrogens (tertiary/aromatic N) is 1. The Kier molecular flexibility index (Phi) is 6.66. The third-order valence-corrected chi connectivity index (χ3v) is 4.35. The maximum absolute atomic E-state index is 11.9. The molecule has 0 spiro atoms. The van der Waals surface area contributed by atoms with Gasteiger partial charge in [-0.05, 0) is 44.6 Å². The van der Waals surface area contributed by atoms with Crippen LogP contribution >= 0.6 is 0 Å². The molecule has 26 heavy (non-hydrogen) atoms. The summed E-state index contributed by atoms with van der Waals surface area (Å²) >= 11 is 0. The van der Waals surface area contributed by atoms with Crippen LogP contribution in [0.4, 0.5) is 0 Å². The Balaban J connectivity index is 1.55. The number of aryl methyl sites for hydroxylation is 2. The number of hydrogen-bond donors (Lipinski definition) is 1. The first-order valence-electron chi connectivity index (χ1n) is 9.28. The Morgan fingerprint density at radius 2 is 2.15 bits per heavy atom. The molecule has 3 rings (SSSR count). The Bertz CT molecular complexity index is 736. The number of aromatic nitrogens is 2. The molecule has 0 bridgehead atoms. The zero-order valence-electron chi connectivity index (χ0n) is 15.2. The van der Waals surface area contributed by atoms with Gasteiger partial charge in [0.2, 0.25) is 5.88 Å². The van der Waals surface area contributed by atoms with Gasteiger partial charge >= 0.3 is 0 Å². The number of ether oxygens (including phenoxy) is 3. The lowest BCUT2D eigenvalue weighted by molar-refractivity contribution is -0.0120. The van der Waals surface area contributed by atoms with Gasteiger partial charge in [0.15, 0.2) is 11.3 Å². The van der Waals surface area contributed by atoms with E-state index in [0.29, 0.717) is 31.4 Å². The van der Waals surface area contributed by atoms with Crippen LogP contribution in [-0.4, -0.2) is 35.9 Å². The molecular formula is C20H26N2O4. The fourth-order valence-corrected chi connectivity index (χ4v) is 2.98. The third kappa shape index (κ3) is 5.59. The van der Waals surface area contributed by atoms with E-state index in [1.807, 2.05) is 25.3 Å². The Hall–Kier alpha value is -2.34. The second-order valence-electron chi connectivity index (χ2n) is 6.44. The molecule has 1 atom stereocenters. The van der Waals surface area contributed by atoms with Gasteiger partial charge in [-0.3, -0.25) is 4.79 Å². The molecule has 2 aromatic rings. The monoisotopic (exact) mass is 358 g/mol. The highest BCUT2D eigenvalue weighted by atomic mass is 16.5. The van der Waals surface area contributed by atoms with Crippen LogP contribution in [-0.2, 0) is 17.6 Å². The third-order valence-electron chi connectivity index (χ3n) is 4.35. The number of H-pyrrole nitrogens is 1. The molecule has 140 valence electrons. The van der Waals surface area contributed by atoms with E-state index in [2.05, 4.69) is 9.97 Å². The van der Waals surface area contributed by atoms with E-state index in [4.69, 9.17) is 14.2 Å². The van der Waals surface area contributed by atoms with Crippen LogP contribution in [0.15, 0.2) is 35.3 Å². The van der Waals surface area contributed by atoms with Gasteiger partial charge in [-0.2, -0.15) is 0 Å². The van der Waals surface area contributed by atoms with Crippen LogP contribution in [0.2, 0.25) is 0 Å². The molecule has 0 aromatic carbocycles. The summed E-state index contributed by atoms with van der Waals surface area (Å²) < 4.78 is 16.8. The molecule has 1 unspecified atom stereocenters. The average molecular weight is 358 g/mol. The molecule has 0 aliphatic carbocycles. The Morgan fingerprint density at radius 1 is 1.23 bits per heavy atom. The van der Waals surface area contributed by atoms with Crippen molar-refractivity contribution in [2.75, 3.05) is 19.8 Å². The largest absolute Gasteiger partial charge is 0.478 e. The van der Waals surface area contributed by atoms with Crippen molar-refractivity contribution in [3.05, 3.63) is 51.9 Å². The van der Waals surface area contributed by atoms with Gasteiger partial charge in [0.05, 0.1) is 12.7 Å². The molecule has 1 aliphatic rings. The van der Waals surface area contributed by atoms with Gasteiger partial charge in [0, 0.05) is 36.7 Å². The summed E-state index contributed by atoms with van der Waals surface area (Å²) in [7, 11) is 0. The average Bonchev–Trinajstić information content (AvgIpc) is 2.67. The van der Waals surface area contributed by atoms with Gasteiger partial charge in [0.1, 0.15) is 6.61 Å². The number of aromatic amines is 1. The minimum absolute atomic E-state index is 0.0527. The molecule has 1 aliphatic heterocycles. The summed E-state index contributed by atoms with van der Waals surface area (Å²) in [6, 6.07) is 6.97. The van der Waals surface area contributed by atoms with Gasteiger partial charge in [-0.25, -0.2) is 4.98 Å². The highest BCUT2D eigenvalue weighted by Gasteiger charge is 2.14. The fourth-order valence-electron chi connectivity index (χ4n) is 2.98. The smallest absolute Gasteiger partial charge is 0.213 e. The first kappa shape index (κ1) is 18.5. The number of rotatable bonds is 8. The molecule has 2 aromatic heterocycles. The maximum atomic E-state index is 11.9. The minimum Gasteiger partial charge on any atom is -0.478 e. The summed E-state index contributed by atoms with van der Waals surface area (Å²) in [6.07, 6.45) is 6.71. The van der Waals surface area contributed by atoms with Gasteiger partial charge in [-0.1, -0.05) is 6.07 Å². The molecule has 3 heterocycles. The molecule has 1 fully saturated rings. The number of nitrogens with one attached hydrogen (secondary N) is 1. The highest BCUT2D eigenvalue weighted by Crippen LogP contribution is 2.15. The first-order valence-corrected chi connectivity index (χ1v) is 9.28. The molecule has 1 saturated heterocycles. The predicted octanol–water partition coefficient (Wildman–Crippen LogP) is 2.90. The lowest BCUT2D eigenvalue weighted by Gasteiger charge is -2.22. The molecule has 1 N–H and O–H groups in total. The lowest BCUT2D eigenvalue weighted by Crippen LogP contribution is -2.26. The Labute approximate surface area is 153 Å². The summed E-state index contributed by atoms with van der Waals surface area (Å²) in [4.78, 5) is 19.4. The van der Waals surface area contributed by atoms with Crippen molar-refractivity contribution in [3.8, 4) is 11.8 Å². The zero-order chi connectivity index (χ0) is 18.2. The van der Waals surface area contributed by atoms with E-state index < -0.39 is 0 Å². The van der Waals surface area contributed by atoms with Crippen molar-refractivity contribution in [3.63, 3.8) is 0 Å². The first-order chi connectivity index (χ1) is 12.7. The van der Waals surface area contributed by atoms with E-state index in [0.717, 1.165) is 37.1 Å². The normalized spacial score (nSPS) is 17.0. The second kappa shape index (κ2) is 9.38.